The van der Waals surface area contributed by atoms with Gasteiger partial charge >= 0.3 is 12.1 Å². The lowest BCUT2D eigenvalue weighted by Gasteiger charge is -2.25. The maximum absolute atomic E-state index is 11.7. The summed E-state index contributed by atoms with van der Waals surface area (Å²) in [4.78, 5) is 22.7. The van der Waals surface area contributed by atoms with Crippen molar-refractivity contribution < 1.29 is 23.8 Å². The van der Waals surface area contributed by atoms with Gasteiger partial charge in [0.2, 0.25) is 0 Å². The van der Waals surface area contributed by atoms with E-state index in [1.54, 1.807) is 39.8 Å². The van der Waals surface area contributed by atoms with Crippen LogP contribution in [0.3, 0.4) is 0 Å². The summed E-state index contributed by atoms with van der Waals surface area (Å²) in [5.41, 5.74) is -0.600. The standard InChI is InChI=1S/C14H21NO5/c1-9(15-13(18)20-14(2,3)4)10(8-12(16)17)11-6-5-7-19-11/h5-7,9-10H,8H2,1-4H3,(H,15,18)(H,16,17)/t9-,10-/m1/s1. The van der Waals surface area contributed by atoms with Gasteiger partial charge in [0.15, 0.2) is 0 Å². The third kappa shape index (κ3) is 5.34. The summed E-state index contributed by atoms with van der Waals surface area (Å²) in [5.74, 6) is -0.879. The third-order valence-electron chi connectivity index (χ3n) is 2.65. The second-order valence-corrected chi connectivity index (χ2v) is 5.65. The van der Waals surface area contributed by atoms with Crippen molar-refractivity contribution in [2.75, 3.05) is 0 Å². The molecule has 20 heavy (non-hydrogen) atoms. The number of hydrogen-bond acceptors (Lipinski definition) is 4. The number of alkyl carbamates (subject to hydrolysis) is 1. The summed E-state index contributed by atoms with van der Waals surface area (Å²) in [6.07, 6.45) is 0.765. The van der Waals surface area contributed by atoms with Crippen LogP contribution >= 0.6 is 0 Å². The molecule has 6 heteroatoms. The van der Waals surface area contributed by atoms with E-state index in [1.807, 2.05) is 0 Å². The average molecular weight is 283 g/mol. The molecule has 1 aromatic heterocycles. The molecule has 0 aliphatic carbocycles. The van der Waals surface area contributed by atoms with E-state index >= 15 is 0 Å². The van der Waals surface area contributed by atoms with Crippen LogP contribution in [0, 0.1) is 0 Å². The van der Waals surface area contributed by atoms with Crippen molar-refractivity contribution in [2.45, 2.75) is 51.7 Å². The molecule has 2 N–H and O–H groups in total. The Bertz CT molecular complexity index is 447. The monoisotopic (exact) mass is 283 g/mol. The predicted molar refractivity (Wildman–Crippen MR) is 72.5 cm³/mol. The number of ether oxygens (including phenoxy) is 1. The van der Waals surface area contributed by atoms with Crippen molar-refractivity contribution in [2.24, 2.45) is 0 Å². The summed E-state index contributed by atoms with van der Waals surface area (Å²) >= 11 is 0. The first kappa shape index (κ1) is 16.1. The average Bonchev–Trinajstić information content (AvgIpc) is 2.75. The molecule has 0 spiro atoms. The Morgan fingerprint density at radius 3 is 2.55 bits per heavy atom. The number of rotatable bonds is 5. The zero-order valence-corrected chi connectivity index (χ0v) is 12.2. The summed E-state index contributed by atoms with van der Waals surface area (Å²) in [5, 5.41) is 11.6. The SMILES string of the molecule is C[C@@H](NC(=O)OC(C)(C)C)[C@@H](CC(=O)O)c1ccco1. The Hall–Kier alpha value is -1.98. The molecule has 1 rings (SSSR count). The Balaban J connectivity index is 2.71. The molecule has 0 radical (unpaired) electrons. The third-order valence-corrected chi connectivity index (χ3v) is 2.65. The lowest BCUT2D eigenvalue weighted by molar-refractivity contribution is -0.137. The van der Waals surface area contributed by atoms with E-state index in [9.17, 15) is 9.59 Å². The van der Waals surface area contributed by atoms with Crippen LogP contribution in [0.1, 0.15) is 45.8 Å². The molecule has 0 bridgehead atoms. The molecule has 0 unspecified atom stereocenters. The van der Waals surface area contributed by atoms with E-state index in [4.69, 9.17) is 14.3 Å². The van der Waals surface area contributed by atoms with E-state index in [0.717, 1.165) is 0 Å². The minimum atomic E-state index is -0.954. The Kier molecular flexibility index (Phi) is 5.19. The minimum absolute atomic E-state index is 0.134. The van der Waals surface area contributed by atoms with E-state index in [-0.39, 0.29) is 6.42 Å². The minimum Gasteiger partial charge on any atom is -0.481 e. The molecular weight excluding hydrogens is 262 g/mol. The highest BCUT2D eigenvalue weighted by Crippen LogP contribution is 2.24. The normalized spacial score (nSPS) is 14.4. The second kappa shape index (κ2) is 6.45. The molecular formula is C14H21NO5. The second-order valence-electron chi connectivity index (χ2n) is 5.65. The van der Waals surface area contributed by atoms with Gasteiger partial charge in [-0.25, -0.2) is 4.79 Å². The lowest BCUT2D eigenvalue weighted by Crippen LogP contribution is -2.41. The summed E-state index contributed by atoms with van der Waals surface area (Å²) in [6, 6.07) is 2.96. The zero-order chi connectivity index (χ0) is 15.3. The van der Waals surface area contributed by atoms with Crippen molar-refractivity contribution >= 4 is 12.1 Å². The molecule has 0 saturated carbocycles. The van der Waals surface area contributed by atoms with E-state index < -0.39 is 29.6 Å². The largest absolute Gasteiger partial charge is 0.481 e. The molecule has 1 aromatic rings. The van der Waals surface area contributed by atoms with Gasteiger partial charge in [-0.1, -0.05) is 0 Å². The number of aliphatic carboxylic acids is 1. The highest BCUT2D eigenvalue weighted by atomic mass is 16.6. The van der Waals surface area contributed by atoms with Gasteiger partial charge in [-0.2, -0.15) is 0 Å². The van der Waals surface area contributed by atoms with Gasteiger partial charge < -0.3 is 19.6 Å². The van der Waals surface area contributed by atoms with Gasteiger partial charge in [0.25, 0.3) is 0 Å². The molecule has 0 saturated heterocycles. The van der Waals surface area contributed by atoms with Gasteiger partial charge in [0.05, 0.1) is 12.7 Å². The van der Waals surface area contributed by atoms with Crippen molar-refractivity contribution in [1.82, 2.24) is 5.32 Å². The highest BCUT2D eigenvalue weighted by Gasteiger charge is 2.27. The van der Waals surface area contributed by atoms with Crippen LogP contribution in [0.25, 0.3) is 0 Å². The van der Waals surface area contributed by atoms with E-state index in [2.05, 4.69) is 5.32 Å². The fraction of sp³-hybridized carbons (Fsp3) is 0.571. The van der Waals surface area contributed by atoms with Gasteiger partial charge in [-0.15, -0.1) is 0 Å². The van der Waals surface area contributed by atoms with Crippen molar-refractivity contribution in [3.63, 3.8) is 0 Å². The number of carbonyl (C=O) groups is 2. The molecule has 1 amide bonds. The van der Waals surface area contributed by atoms with Crippen LogP contribution < -0.4 is 5.32 Å². The van der Waals surface area contributed by atoms with Gasteiger partial charge in [-0.3, -0.25) is 4.79 Å². The molecule has 1 heterocycles. The summed E-state index contributed by atoms with van der Waals surface area (Å²) in [6.45, 7) is 7.01. The summed E-state index contributed by atoms with van der Waals surface area (Å²) in [7, 11) is 0. The molecule has 0 aliphatic rings. The summed E-state index contributed by atoms with van der Waals surface area (Å²) < 4.78 is 10.4. The van der Waals surface area contributed by atoms with Crippen LogP contribution in [-0.4, -0.2) is 28.8 Å². The van der Waals surface area contributed by atoms with Crippen LogP contribution in [0.2, 0.25) is 0 Å². The van der Waals surface area contributed by atoms with Gasteiger partial charge in [0, 0.05) is 12.0 Å². The van der Waals surface area contributed by atoms with E-state index in [1.165, 1.54) is 6.26 Å². The van der Waals surface area contributed by atoms with Crippen molar-refractivity contribution in [3.05, 3.63) is 24.2 Å². The fourth-order valence-electron chi connectivity index (χ4n) is 1.81. The molecule has 112 valence electrons. The first-order valence-electron chi connectivity index (χ1n) is 6.44. The lowest BCUT2D eigenvalue weighted by atomic mass is 9.95. The first-order valence-corrected chi connectivity index (χ1v) is 6.44. The quantitative estimate of drug-likeness (QED) is 0.867. The molecule has 0 aliphatic heterocycles. The number of hydrogen-bond donors (Lipinski definition) is 2. The highest BCUT2D eigenvalue weighted by molar-refractivity contribution is 5.70. The van der Waals surface area contributed by atoms with Gasteiger partial charge in [-0.05, 0) is 39.8 Å². The number of amides is 1. The van der Waals surface area contributed by atoms with Gasteiger partial charge in [0.1, 0.15) is 11.4 Å². The maximum atomic E-state index is 11.7. The first-order chi connectivity index (χ1) is 9.19. The Morgan fingerprint density at radius 1 is 1.45 bits per heavy atom. The number of nitrogens with one attached hydrogen (secondary N) is 1. The fourth-order valence-corrected chi connectivity index (χ4v) is 1.81. The van der Waals surface area contributed by atoms with Crippen molar-refractivity contribution in [1.29, 1.82) is 0 Å². The Morgan fingerprint density at radius 2 is 2.10 bits per heavy atom. The number of carboxylic acids is 1. The molecule has 2 atom stereocenters. The van der Waals surface area contributed by atoms with E-state index in [0.29, 0.717) is 5.76 Å². The van der Waals surface area contributed by atoms with Crippen LogP contribution in [0.4, 0.5) is 4.79 Å². The topological polar surface area (TPSA) is 88.8 Å². The Labute approximate surface area is 118 Å². The van der Waals surface area contributed by atoms with Crippen LogP contribution in [0.15, 0.2) is 22.8 Å². The number of furan rings is 1. The molecule has 0 aromatic carbocycles. The smallest absolute Gasteiger partial charge is 0.407 e. The maximum Gasteiger partial charge on any atom is 0.407 e. The molecule has 0 fully saturated rings. The van der Waals surface area contributed by atoms with Crippen LogP contribution in [-0.2, 0) is 9.53 Å². The van der Waals surface area contributed by atoms with Crippen LogP contribution in [0.5, 0.6) is 0 Å². The zero-order valence-electron chi connectivity index (χ0n) is 12.2. The number of carboxylic acid groups (broad SMARTS) is 1. The van der Waals surface area contributed by atoms with Crippen molar-refractivity contribution in [3.8, 4) is 0 Å². The molecule has 6 nitrogen and oxygen atoms in total. The number of carbonyl (C=O) groups excluding carboxylic acids is 1. The predicted octanol–water partition coefficient (Wildman–Crippen LogP) is 2.75.